The van der Waals surface area contributed by atoms with Gasteiger partial charge in [0.15, 0.2) is 5.52 Å². The minimum atomic E-state index is -0.147. The normalized spacial score (nSPS) is 11.2. The molecule has 0 spiro atoms. The van der Waals surface area contributed by atoms with Crippen molar-refractivity contribution in [2.24, 2.45) is 0 Å². The molecule has 0 amide bonds. The molecule has 6 nitrogen and oxygen atoms in total. The van der Waals surface area contributed by atoms with Crippen LogP contribution < -0.4 is 5.56 Å². The van der Waals surface area contributed by atoms with Crippen LogP contribution in [-0.4, -0.2) is 24.8 Å². The maximum atomic E-state index is 12.6. The summed E-state index contributed by atoms with van der Waals surface area (Å²) in [6.45, 7) is 6.87. The second-order valence-corrected chi connectivity index (χ2v) is 5.08. The number of hydrogen-bond acceptors (Lipinski definition) is 4. The Labute approximate surface area is 122 Å². The molecule has 0 aliphatic rings. The van der Waals surface area contributed by atoms with Crippen molar-refractivity contribution in [1.82, 2.24) is 24.8 Å². The van der Waals surface area contributed by atoms with E-state index in [1.807, 2.05) is 45.0 Å². The molecule has 2 heterocycles. The topological polar surface area (TPSA) is 65.6 Å². The quantitative estimate of drug-likeness (QED) is 0.733. The van der Waals surface area contributed by atoms with Gasteiger partial charge in [-0.3, -0.25) is 9.48 Å². The van der Waals surface area contributed by atoms with Crippen LogP contribution in [0.1, 0.15) is 23.7 Å². The molecule has 0 fully saturated rings. The number of aryl methyl sites for hydroxylation is 3. The molecule has 0 aliphatic heterocycles. The molecule has 0 aliphatic carbocycles. The van der Waals surface area contributed by atoms with E-state index in [4.69, 9.17) is 0 Å². The van der Waals surface area contributed by atoms with Gasteiger partial charge >= 0.3 is 0 Å². The van der Waals surface area contributed by atoms with Crippen LogP contribution in [0, 0.1) is 13.8 Å². The van der Waals surface area contributed by atoms with Gasteiger partial charge in [0.05, 0.1) is 12.2 Å². The van der Waals surface area contributed by atoms with Gasteiger partial charge in [-0.1, -0.05) is 29.5 Å². The fourth-order valence-corrected chi connectivity index (χ4v) is 2.45. The van der Waals surface area contributed by atoms with Crippen LogP contribution in [0.3, 0.4) is 0 Å². The maximum Gasteiger partial charge on any atom is 0.296 e. The van der Waals surface area contributed by atoms with E-state index in [0.29, 0.717) is 24.1 Å². The van der Waals surface area contributed by atoms with Crippen molar-refractivity contribution in [2.45, 2.75) is 33.9 Å². The summed E-state index contributed by atoms with van der Waals surface area (Å²) in [5.41, 5.74) is 3.89. The largest absolute Gasteiger partial charge is 0.296 e. The third-order valence-corrected chi connectivity index (χ3v) is 3.67. The van der Waals surface area contributed by atoms with E-state index in [2.05, 4.69) is 15.4 Å². The Hall–Kier alpha value is -2.50. The molecular formula is C15H17N5O. The number of fused-ring (bicyclic) bond motifs is 1. The molecule has 0 saturated carbocycles. The van der Waals surface area contributed by atoms with Crippen LogP contribution in [0.15, 0.2) is 29.1 Å². The second-order valence-electron chi connectivity index (χ2n) is 5.08. The lowest BCUT2D eigenvalue weighted by molar-refractivity contribution is 0.590. The molecule has 1 aromatic carbocycles. The first kappa shape index (κ1) is 13.5. The van der Waals surface area contributed by atoms with Crippen molar-refractivity contribution in [3.05, 3.63) is 51.4 Å². The van der Waals surface area contributed by atoms with Gasteiger partial charge in [-0.15, -0.1) is 5.10 Å². The molecule has 0 bridgehead atoms. The van der Waals surface area contributed by atoms with Crippen LogP contribution in [0.25, 0.3) is 11.0 Å². The summed E-state index contributed by atoms with van der Waals surface area (Å²) >= 11 is 0. The Bertz CT molecular complexity index is 862. The van der Waals surface area contributed by atoms with Crippen LogP contribution in [0.5, 0.6) is 0 Å². The lowest BCUT2D eigenvalue weighted by Crippen LogP contribution is -2.26. The summed E-state index contributed by atoms with van der Waals surface area (Å²) in [4.78, 5) is 12.6. The standard InChI is InChI=1S/C15H17N5O/c1-4-19-14-13(11(3)17-19)16-18-20(15(14)21)9-12-8-6-5-7-10(12)2/h5-8H,4,9H2,1-3H3. The van der Waals surface area contributed by atoms with E-state index in [1.165, 1.54) is 4.68 Å². The van der Waals surface area contributed by atoms with Gasteiger partial charge in [-0.25, -0.2) is 4.68 Å². The SMILES string of the molecule is CCn1nc(C)c2nnn(Cc3ccccc3C)c(=O)c21. The molecule has 0 saturated heterocycles. The number of hydrogen-bond donors (Lipinski definition) is 0. The van der Waals surface area contributed by atoms with Crippen molar-refractivity contribution in [3.8, 4) is 0 Å². The second kappa shape index (κ2) is 5.12. The van der Waals surface area contributed by atoms with Crippen molar-refractivity contribution >= 4 is 11.0 Å². The summed E-state index contributed by atoms with van der Waals surface area (Å²) in [5.74, 6) is 0. The first-order chi connectivity index (χ1) is 10.1. The molecule has 0 N–H and O–H groups in total. The molecule has 6 heteroatoms. The Kier molecular flexibility index (Phi) is 3.29. The Morgan fingerprint density at radius 3 is 2.62 bits per heavy atom. The summed E-state index contributed by atoms with van der Waals surface area (Å²) in [7, 11) is 0. The smallest absolute Gasteiger partial charge is 0.265 e. The van der Waals surface area contributed by atoms with Crippen LogP contribution >= 0.6 is 0 Å². The highest BCUT2D eigenvalue weighted by molar-refractivity contribution is 5.75. The highest BCUT2D eigenvalue weighted by Gasteiger charge is 2.15. The molecule has 0 radical (unpaired) electrons. The predicted molar refractivity (Wildman–Crippen MR) is 80.3 cm³/mol. The van der Waals surface area contributed by atoms with Gasteiger partial charge in [0.2, 0.25) is 0 Å². The third-order valence-electron chi connectivity index (χ3n) is 3.67. The zero-order chi connectivity index (χ0) is 15.0. The van der Waals surface area contributed by atoms with Crippen molar-refractivity contribution in [1.29, 1.82) is 0 Å². The molecule has 0 unspecified atom stereocenters. The molecular weight excluding hydrogens is 266 g/mol. The minimum absolute atomic E-state index is 0.147. The molecule has 21 heavy (non-hydrogen) atoms. The van der Waals surface area contributed by atoms with Gasteiger partial charge in [0.1, 0.15) is 5.52 Å². The highest BCUT2D eigenvalue weighted by atomic mass is 16.1. The van der Waals surface area contributed by atoms with Crippen molar-refractivity contribution in [2.75, 3.05) is 0 Å². The van der Waals surface area contributed by atoms with Crippen LogP contribution in [0.4, 0.5) is 0 Å². The van der Waals surface area contributed by atoms with E-state index >= 15 is 0 Å². The van der Waals surface area contributed by atoms with E-state index in [-0.39, 0.29) is 5.56 Å². The molecule has 0 atom stereocenters. The molecule has 2 aromatic heterocycles. The van der Waals surface area contributed by atoms with Gasteiger partial charge < -0.3 is 0 Å². The van der Waals surface area contributed by atoms with Crippen molar-refractivity contribution in [3.63, 3.8) is 0 Å². The first-order valence-corrected chi connectivity index (χ1v) is 6.97. The fraction of sp³-hybridized carbons (Fsp3) is 0.333. The molecule has 108 valence electrons. The summed E-state index contributed by atoms with van der Waals surface area (Å²) < 4.78 is 3.09. The summed E-state index contributed by atoms with van der Waals surface area (Å²) in [6, 6.07) is 7.95. The lowest BCUT2D eigenvalue weighted by Gasteiger charge is -2.07. The average molecular weight is 283 g/mol. The van der Waals surface area contributed by atoms with Crippen molar-refractivity contribution < 1.29 is 0 Å². The number of benzene rings is 1. The maximum absolute atomic E-state index is 12.6. The zero-order valence-electron chi connectivity index (χ0n) is 12.4. The van der Waals surface area contributed by atoms with E-state index in [0.717, 1.165) is 16.8 Å². The first-order valence-electron chi connectivity index (χ1n) is 6.97. The highest BCUT2D eigenvalue weighted by Crippen LogP contribution is 2.11. The van der Waals surface area contributed by atoms with E-state index < -0.39 is 0 Å². The van der Waals surface area contributed by atoms with Crippen LogP contribution in [-0.2, 0) is 13.1 Å². The lowest BCUT2D eigenvalue weighted by atomic mass is 10.1. The Morgan fingerprint density at radius 1 is 1.14 bits per heavy atom. The third kappa shape index (κ3) is 2.22. The molecule has 3 rings (SSSR count). The van der Waals surface area contributed by atoms with Gasteiger partial charge in [0, 0.05) is 6.54 Å². The number of rotatable bonds is 3. The summed E-state index contributed by atoms with van der Waals surface area (Å²) in [6.07, 6.45) is 0. The Morgan fingerprint density at radius 2 is 1.90 bits per heavy atom. The number of nitrogens with zero attached hydrogens (tertiary/aromatic N) is 5. The summed E-state index contributed by atoms with van der Waals surface area (Å²) in [5, 5.41) is 12.6. The van der Waals surface area contributed by atoms with Gasteiger partial charge in [-0.2, -0.15) is 5.10 Å². The zero-order valence-corrected chi connectivity index (χ0v) is 12.4. The molecule has 3 aromatic rings. The van der Waals surface area contributed by atoms with Gasteiger partial charge in [0.25, 0.3) is 5.56 Å². The average Bonchev–Trinajstić information content (AvgIpc) is 2.81. The number of aromatic nitrogens is 5. The van der Waals surface area contributed by atoms with E-state index in [9.17, 15) is 4.79 Å². The van der Waals surface area contributed by atoms with E-state index in [1.54, 1.807) is 4.68 Å². The fourth-order valence-electron chi connectivity index (χ4n) is 2.45. The van der Waals surface area contributed by atoms with Crippen LogP contribution in [0.2, 0.25) is 0 Å². The van der Waals surface area contributed by atoms with Gasteiger partial charge in [-0.05, 0) is 31.9 Å². The monoisotopic (exact) mass is 283 g/mol. The Balaban J connectivity index is 2.15. The predicted octanol–water partition coefficient (Wildman–Crippen LogP) is 1.67. The minimum Gasteiger partial charge on any atom is -0.265 e.